The van der Waals surface area contributed by atoms with Gasteiger partial charge in [-0.05, 0) is 35.9 Å². The van der Waals surface area contributed by atoms with Crippen molar-refractivity contribution in [3.63, 3.8) is 0 Å². The number of carbonyl (C=O) groups excluding carboxylic acids is 1. The van der Waals surface area contributed by atoms with Crippen molar-refractivity contribution in [3.8, 4) is 22.9 Å². The molecule has 0 aliphatic carbocycles. The lowest BCUT2D eigenvalue weighted by atomic mass is 10.0. The van der Waals surface area contributed by atoms with Gasteiger partial charge in [0.05, 0.1) is 17.2 Å². The van der Waals surface area contributed by atoms with Gasteiger partial charge in [-0.15, -0.1) is 0 Å². The lowest BCUT2D eigenvalue weighted by Gasteiger charge is -2.11. The second kappa shape index (κ2) is 6.35. The summed E-state index contributed by atoms with van der Waals surface area (Å²) in [6, 6.07) is 13.3. The third kappa shape index (κ3) is 3.25. The summed E-state index contributed by atoms with van der Waals surface area (Å²) in [4.78, 5) is 21.4. The molecule has 0 aliphatic rings. The van der Waals surface area contributed by atoms with Gasteiger partial charge < -0.3 is 9.84 Å². The van der Waals surface area contributed by atoms with Crippen molar-refractivity contribution in [2.75, 3.05) is 6.61 Å². The van der Waals surface area contributed by atoms with E-state index < -0.39 is 5.97 Å². The second-order valence-electron chi connectivity index (χ2n) is 4.18. The van der Waals surface area contributed by atoms with E-state index in [9.17, 15) is 9.59 Å². The normalized spacial score (nSPS) is 9.67. The van der Waals surface area contributed by atoms with Crippen LogP contribution in [0.5, 0.6) is 5.75 Å². The van der Waals surface area contributed by atoms with Crippen LogP contribution >= 0.6 is 0 Å². The number of hydrogen-bond donors (Lipinski definition) is 1. The topological polar surface area (TPSA) is 87.4 Å². The van der Waals surface area contributed by atoms with Crippen molar-refractivity contribution < 1.29 is 19.4 Å². The number of aldehydes is 1. The first-order valence-electron chi connectivity index (χ1n) is 6.10. The summed E-state index contributed by atoms with van der Waals surface area (Å²) in [6.45, 7) is -0.160. The fraction of sp³-hybridized carbons (Fsp3) is 0.0625. The average Bonchev–Trinajstić information content (AvgIpc) is 2.52. The molecule has 104 valence electrons. The van der Waals surface area contributed by atoms with E-state index in [4.69, 9.17) is 15.1 Å². The van der Waals surface area contributed by atoms with Gasteiger partial charge >= 0.3 is 5.97 Å². The molecule has 0 radical (unpaired) electrons. The van der Waals surface area contributed by atoms with Gasteiger partial charge in [0, 0.05) is 5.56 Å². The van der Waals surface area contributed by atoms with Crippen molar-refractivity contribution in [2.45, 2.75) is 0 Å². The third-order valence-corrected chi connectivity index (χ3v) is 2.86. The zero-order valence-electron chi connectivity index (χ0n) is 10.9. The molecule has 5 nitrogen and oxygen atoms in total. The number of benzene rings is 2. The Morgan fingerprint density at radius 2 is 1.95 bits per heavy atom. The summed E-state index contributed by atoms with van der Waals surface area (Å²) in [7, 11) is 0. The molecule has 0 bridgehead atoms. The molecular formula is C16H11NO4. The molecule has 0 unspecified atom stereocenters. The molecule has 21 heavy (non-hydrogen) atoms. The highest BCUT2D eigenvalue weighted by Crippen LogP contribution is 2.31. The van der Waals surface area contributed by atoms with Crippen LogP contribution in [0.25, 0.3) is 11.1 Å². The van der Waals surface area contributed by atoms with Crippen molar-refractivity contribution in [2.24, 2.45) is 0 Å². The highest BCUT2D eigenvalue weighted by atomic mass is 16.5. The number of carboxylic acid groups (broad SMARTS) is 1. The van der Waals surface area contributed by atoms with Crippen molar-refractivity contribution in [1.29, 1.82) is 5.26 Å². The van der Waals surface area contributed by atoms with Crippen LogP contribution in [-0.4, -0.2) is 24.0 Å². The Kier molecular flexibility index (Phi) is 4.32. The van der Waals surface area contributed by atoms with Crippen molar-refractivity contribution in [3.05, 3.63) is 53.6 Å². The van der Waals surface area contributed by atoms with Crippen LogP contribution in [-0.2, 0) is 4.79 Å². The Bertz CT molecular complexity index is 714. The van der Waals surface area contributed by atoms with Crippen LogP contribution in [0, 0.1) is 11.3 Å². The summed E-state index contributed by atoms with van der Waals surface area (Å²) < 4.78 is 5.29. The van der Waals surface area contributed by atoms with Crippen LogP contribution in [0.1, 0.15) is 15.9 Å². The van der Waals surface area contributed by atoms with Gasteiger partial charge in [-0.1, -0.05) is 12.1 Å². The molecule has 0 atom stereocenters. The maximum absolute atomic E-state index is 11.0. The van der Waals surface area contributed by atoms with Gasteiger partial charge in [0.1, 0.15) is 12.4 Å². The SMILES string of the molecule is N#Cc1ccc(-c2ccc(C(=O)O)cc2OCC=O)cc1. The van der Waals surface area contributed by atoms with E-state index in [0.29, 0.717) is 23.2 Å². The number of ether oxygens (including phenoxy) is 1. The fourth-order valence-corrected chi connectivity index (χ4v) is 1.86. The quantitative estimate of drug-likeness (QED) is 0.851. The van der Waals surface area contributed by atoms with E-state index in [1.807, 2.05) is 6.07 Å². The largest absolute Gasteiger partial charge is 0.485 e. The molecule has 0 aromatic heterocycles. The number of carbonyl (C=O) groups is 2. The van der Waals surface area contributed by atoms with Crippen molar-refractivity contribution >= 4 is 12.3 Å². The highest BCUT2D eigenvalue weighted by molar-refractivity contribution is 5.89. The third-order valence-electron chi connectivity index (χ3n) is 2.86. The van der Waals surface area contributed by atoms with E-state index in [1.54, 1.807) is 30.3 Å². The zero-order chi connectivity index (χ0) is 15.2. The lowest BCUT2D eigenvalue weighted by Crippen LogP contribution is -2.02. The minimum atomic E-state index is -1.07. The Labute approximate surface area is 121 Å². The molecule has 0 fully saturated rings. The smallest absolute Gasteiger partial charge is 0.335 e. The van der Waals surface area contributed by atoms with Crippen LogP contribution in [0.3, 0.4) is 0 Å². The van der Waals surface area contributed by atoms with E-state index in [0.717, 1.165) is 5.56 Å². The number of hydrogen-bond acceptors (Lipinski definition) is 4. The van der Waals surface area contributed by atoms with Gasteiger partial charge in [-0.3, -0.25) is 4.79 Å². The molecule has 2 rings (SSSR count). The molecule has 1 N–H and O–H groups in total. The summed E-state index contributed by atoms with van der Waals surface area (Å²) in [6.07, 6.45) is 0.593. The molecule has 0 saturated carbocycles. The van der Waals surface area contributed by atoms with Crippen molar-refractivity contribution in [1.82, 2.24) is 0 Å². The summed E-state index contributed by atoms with van der Waals surface area (Å²) in [5.74, 6) is -0.760. The molecule has 0 aliphatic heterocycles. The second-order valence-corrected chi connectivity index (χ2v) is 4.18. The Morgan fingerprint density at radius 1 is 1.24 bits per heavy atom. The molecule has 0 saturated heterocycles. The van der Waals surface area contributed by atoms with Gasteiger partial charge in [-0.2, -0.15) is 5.26 Å². The average molecular weight is 281 g/mol. The number of aromatic carboxylic acids is 1. The maximum Gasteiger partial charge on any atom is 0.335 e. The highest BCUT2D eigenvalue weighted by Gasteiger charge is 2.11. The number of nitrogens with zero attached hydrogens (tertiary/aromatic N) is 1. The van der Waals surface area contributed by atoms with E-state index in [-0.39, 0.29) is 12.2 Å². The molecule has 2 aromatic rings. The van der Waals surface area contributed by atoms with Crippen LogP contribution < -0.4 is 4.74 Å². The van der Waals surface area contributed by atoms with Gasteiger partial charge in [0.2, 0.25) is 0 Å². The van der Waals surface area contributed by atoms with E-state index >= 15 is 0 Å². The first kappa shape index (κ1) is 14.3. The maximum atomic E-state index is 11.0. The fourth-order valence-electron chi connectivity index (χ4n) is 1.86. The predicted molar refractivity (Wildman–Crippen MR) is 75.1 cm³/mol. The number of rotatable bonds is 5. The van der Waals surface area contributed by atoms with E-state index in [1.165, 1.54) is 12.1 Å². The molecule has 0 spiro atoms. The standard InChI is InChI=1S/C16H11NO4/c17-10-11-1-3-12(4-2-11)14-6-5-13(16(19)20)9-15(14)21-8-7-18/h1-7,9H,8H2,(H,19,20). The minimum Gasteiger partial charge on any atom is -0.485 e. The van der Waals surface area contributed by atoms with Gasteiger partial charge in [0.25, 0.3) is 0 Å². The molecule has 0 amide bonds. The molecular weight excluding hydrogens is 270 g/mol. The first-order valence-corrected chi connectivity index (χ1v) is 6.10. The van der Waals surface area contributed by atoms with Gasteiger partial charge in [0.15, 0.2) is 6.29 Å². The summed E-state index contributed by atoms with van der Waals surface area (Å²) in [5.41, 5.74) is 2.03. The first-order chi connectivity index (χ1) is 10.2. The molecule has 5 heteroatoms. The Hall–Kier alpha value is -3.13. The minimum absolute atomic E-state index is 0.0771. The number of nitriles is 1. The van der Waals surface area contributed by atoms with Crippen LogP contribution in [0.2, 0.25) is 0 Å². The van der Waals surface area contributed by atoms with E-state index in [2.05, 4.69) is 0 Å². The van der Waals surface area contributed by atoms with Crippen LogP contribution in [0.15, 0.2) is 42.5 Å². The summed E-state index contributed by atoms with van der Waals surface area (Å²) in [5, 5.41) is 17.8. The summed E-state index contributed by atoms with van der Waals surface area (Å²) >= 11 is 0. The molecule has 2 aromatic carbocycles. The Balaban J connectivity index is 2.47. The molecule has 0 heterocycles. The number of carboxylic acids is 1. The zero-order valence-corrected chi connectivity index (χ0v) is 10.9. The Morgan fingerprint density at radius 3 is 2.52 bits per heavy atom. The monoisotopic (exact) mass is 281 g/mol. The van der Waals surface area contributed by atoms with Gasteiger partial charge in [-0.25, -0.2) is 4.79 Å². The van der Waals surface area contributed by atoms with Crippen LogP contribution in [0.4, 0.5) is 0 Å². The lowest BCUT2D eigenvalue weighted by molar-refractivity contribution is -0.109. The predicted octanol–water partition coefficient (Wildman–Crippen LogP) is 2.50.